The Balaban J connectivity index is 2.02. The number of nitrogens with one attached hydrogen (secondary N) is 1. The van der Waals surface area contributed by atoms with Gasteiger partial charge in [-0.1, -0.05) is 19.9 Å². The van der Waals surface area contributed by atoms with Gasteiger partial charge in [0.05, 0.1) is 0 Å². The summed E-state index contributed by atoms with van der Waals surface area (Å²) < 4.78 is 2.29. The van der Waals surface area contributed by atoms with Crippen molar-refractivity contribution in [3.63, 3.8) is 0 Å². The molecule has 0 bridgehead atoms. The Hall–Kier alpha value is -1.72. The Morgan fingerprint density at radius 2 is 2.15 bits per heavy atom. The van der Waals surface area contributed by atoms with Gasteiger partial charge in [-0.15, -0.1) is 12.3 Å². The maximum absolute atomic E-state index is 5.30. The normalized spacial score (nSPS) is 11.1. The van der Waals surface area contributed by atoms with Crippen LogP contribution in [0.15, 0.2) is 30.5 Å². The summed E-state index contributed by atoms with van der Waals surface area (Å²) in [4.78, 5) is 0. The summed E-state index contributed by atoms with van der Waals surface area (Å²) >= 11 is 0. The molecule has 0 radical (unpaired) electrons. The van der Waals surface area contributed by atoms with Gasteiger partial charge in [-0.3, -0.25) is 0 Å². The van der Waals surface area contributed by atoms with Crippen LogP contribution in [0.25, 0.3) is 10.9 Å². The summed E-state index contributed by atoms with van der Waals surface area (Å²) in [6, 6.07) is 8.91. The molecule has 0 aliphatic heterocycles. The van der Waals surface area contributed by atoms with Gasteiger partial charge in [-0.25, -0.2) is 0 Å². The summed E-state index contributed by atoms with van der Waals surface area (Å²) in [7, 11) is 0. The quantitative estimate of drug-likeness (QED) is 0.597. The summed E-state index contributed by atoms with van der Waals surface area (Å²) in [6.07, 6.45) is 9.34. The first-order valence-electron chi connectivity index (χ1n) is 7.42. The number of aryl methyl sites for hydroxylation is 1. The van der Waals surface area contributed by atoms with Crippen molar-refractivity contribution in [2.24, 2.45) is 5.92 Å². The third-order valence-corrected chi connectivity index (χ3v) is 3.44. The molecule has 0 saturated heterocycles. The van der Waals surface area contributed by atoms with Crippen LogP contribution in [0, 0.1) is 18.3 Å². The molecule has 0 saturated carbocycles. The molecular formula is C18H24N2. The number of aromatic nitrogens is 1. The van der Waals surface area contributed by atoms with Crippen molar-refractivity contribution in [2.45, 2.75) is 39.8 Å². The smallest absolute Gasteiger partial charge is 0.0480 e. The molecule has 1 heterocycles. The van der Waals surface area contributed by atoms with Crippen LogP contribution >= 0.6 is 0 Å². The Kier molecular flexibility index (Phi) is 5.26. The SMILES string of the molecule is C#CCCCn1ccc2cc(CNCC(C)C)ccc21. The van der Waals surface area contributed by atoms with Crippen LogP contribution in [-0.2, 0) is 13.1 Å². The van der Waals surface area contributed by atoms with Gasteiger partial charge in [0.25, 0.3) is 0 Å². The maximum Gasteiger partial charge on any atom is 0.0480 e. The molecule has 0 fully saturated rings. The molecule has 1 aromatic carbocycles. The number of unbranched alkanes of at least 4 members (excludes halogenated alkanes) is 1. The lowest BCUT2D eigenvalue weighted by Gasteiger charge is -2.08. The number of hydrogen-bond donors (Lipinski definition) is 1. The molecule has 0 atom stereocenters. The van der Waals surface area contributed by atoms with Gasteiger partial charge in [0.15, 0.2) is 0 Å². The molecule has 1 N–H and O–H groups in total. The zero-order valence-corrected chi connectivity index (χ0v) is 12.5. The van der Waals surface area contributed by atoms with Crippen LogP contribution in [0.2, 0.25) is 0 Å². The monoisotopic (exact) mass is 268 g/mol. The van der Waals surface area contributed by atoms with E-state index in [4.69, 9.17) is 6.42 Å². The maximum atomic E-state index is 5.30. The third kappa shape index (κ3) is 3.88. The second-order valence-electron chi connectivity index (χ2n) is 5.73. The molecule has 2 aromatic rings. The summed E-state index contributed by atoms with van der Waals surface area (Å²) in [6.45, 7) is 7.46. The molecule has 2 heteroatoms. The van der Waals surface area contributed by atoms with E-state index in [0.717, 1.165) is 32.5 Å². The van der Waals surface area contributed by atoms with E-state index in [1.807, 2.05) is 0 Å². The number of rotatable bonds is 7. The zero-order chi connectivity index (χ0) is 14.4. The molecule has 1 aromatic heterocycles. The van der Waals surface area contributed by atoms with E-state index in [0.29, 0.717) is 5.92 Å². The van der Waals surface area contributed by atoms with E-state index < -0.39 is 0 Å². The Morgan fingerprint density at radius 3 is 2.90 bits per heavy atom. The predicted octanol–water partition coefficient (Wildman–Crippen LogP) is 3.80. The minimum atomic E-state index is 0.691. The molecule has 20 heavy (non-hydrogen) atoms. The van der Waals surface area contributed by atoms with Crippen LogP contribution in [0.1, 0.15) is 32.3 Å². The van der Waals surface area contributed by atoms with Gasteiger partial charge in [-0.05, 0) is 48.0 Å². The van der Waals surface area contributed by atoms with Crippen LogP contribution in [0.5, 0.6) is 0 Å². The predicted molar refractivity (Wildman–Crippen MR) is 86.5 cm³/mol. The van der Waals surface area contributed by atoms with Crippen molar-refractivity contribution in [3.8, 4) is 12.3 Å². The fourth-order valence-corrected chi connectivity index (χ4v) is 2.41. The fourth-order valence-electron chi connectivity index (χ4n) is 2.41. The minimum absolute atomic E-state index is 0.691. The first-order chi connectivity index (χ1) is 9.70. The minimum Gasteiger partial charge on any atom is -0.347 e. The highest BCUT2D eigenvalue weighted by Crippen LogP contribution is 2.18. The lowest BCUT2D eigenvalue weighted by molar-refractivity contribution is 0.552. The number of hydrogen-bond acceptors (Lipinski definition) is 1. The average Bonchev–Trinajstić information content (AvgIpc) is 2.81. The van der Waals surface area contributed by atoms with E-state index in [1.54, 1.807) is 0 Å². The van der Waals surface area contributed by atoms with Gasteiger partial charge in [0.1, 0.15) is 0 Å². The Morgan fingerprint density at radius 1 is 1.30 bits per heavy atom. The van der Waals surface area contributed by atoms with Crippen molar-refractivity contribution >= 4 is 10.9 Å². The second kappa shape index (κ2) is 7.17. The summed E-state index contributed by atoms with van der Waals surface area (Å²) in [5.74, 6) is 3.39. The van der Waals surface area contributed by atoms with Crippen LogP contribution in [0.3, 0.4) is 0 Å². The number of terminal acetylenes is 1. The fraction of sp³-hybridized carbons (Fsp3) is 0.444. The van der Waals surface area contributed by atoms with Gasteiger partial charge in [0, 0.05) is 31.2 Å². The van der Waals surface area contributed by atoms with E-state index in [1.165, 1.54) is 16.5 Å². The molecule has 0 unspecified atom stereocenters. The molecule has 106 valence electrons. The second-order valence-corrected chi connectivity index (χ2v) is 5.73. The van der Waals surface area contributed by atoms with E-state index in [2.05, 4.69) is 60.1 Å². The molecule has 2 rings (SSSR count). The summed E-state index contributed by atoms with van der Waals surface area (Å²) in [5.41, 5.74) is 2.65. The lowest BCUT2D eigenvalue weighted by Crippen LogP contribution is -2.18. The molecule has 0 aliphatic carbocycles. The first-order valence-corrected chi connectivity index (χ1v) is 7.42. The van der Waals surface area contributed by atoms with Crippen LogP contribution < -0.4 is 5.32 Å². The van der Waals surface area contributed by atoms with Gasteiger partial charge in [0.2, 0.25) is 0 Å². The van der Waals surface area contributed by atoms with E-state index >= 15 is 0 Å². The molecule has 0 amide bonds. The first kappa shape index (κ1) is 14.7. The summed E-state index contributed by atoms with van der Waals surface area (Å²) in [5, 5.41) is 4.80. The highest BCUT2D eigenvalue weighted by Gasteiger charge is 2.02. The van der Waals surface area contributed by atoms with Crippen LogP contribution in [-0.4, -0.2) is 11.1 Å². The van der Waals surface area contributed by atoms with Gasteiger partial charge in [-0.2, -0.15) is 0 Å². The van der Waals surface area contributed by atoms with E-state index in [-0.39, 0.29) is 0 Å². The number of fused-ring (bicyclic) bond motifs is 1. The highest BCUT2D eigenvalue weighted by molar-refractivity contribution is 5.80. The van der Waals surface area contributed by atoms with E-state index in [9.17, 15) is 0 Å². The van der Waals surface area contributed by atoms with Crippen molar-refractivity contribution in [3.05, 3.63) is 36.0 Å². The lowest BCUT2D eigenvalue weighted by atomic mass is 10.1. The third-order valence-electron chi connectivity index (χ3n) is 3.44. The number of benzene rings is 1. The number of nitrogens with zero attached hydrogens (tertiary/aromatic N) is 1. The Labute approximate surface area is 122 Å². The molecular weight excluding hydrogens is 244 g/mol. The zero-order valence-electron chi connectivity index (χ0n) is 12.5. The largest absolute Gasteiger partial charge is 0.347 e. The topological polar surface area (TPSA) is 17.0 Å². The highest BCUT2D eigenvalue weighted by atomic mass is 14.9. The van der Waals surface area contributed by atoms with Crippen molar-refractivity contribution in [1.82, 2.24) is 9.88 Å². The molecule has 2 nitrogen and oxygen atoms in total. The van der Waals surface area contributed by atoms with Gasteiger partial charge < -0.3 is 9.88 Å². The standard InChI is InChI=1S/C18H24N2/c1-4-5-6-10-20-11-9-17-12-16(7-8-18(17)20)14-19-13-15(2)3/h1,7-9,11-12,15,19H,5-6,10,13-14H2,2-3H3. The van der Waals surface area contributed by atoms with Crippen LogP contribution in [0.4, 0.5) is 0 Å². The van der Waals surface area contributed by atoms with Crippen molar-refractivity contribution in [1.29, 1.82) is 0 Å². The van der Waals surface area contributed by atoms with Crippen molar-refractivity contribution in [2.75, 3.05) is 6.54 Å². The molecule has 0 aliphatic rings. The average molecular weight is 268 g/mol. The Bertz CT molecular complexity index is 587. The van der Waals surface area contributed by atoms with Crippen molar-refractivity contribution < 1.29 is 0 Å². The van der Waals surface area contributed by atoms with Gasteiger partial charge >= 0.3 is 0 Å². The molecule has 0 spiro atoms.